The summed E-state index contributed by atoms with van der Waals surface area (Å²) in [4.78, 5) is 12.6. The molecule has 4 atom stereocenters. The molecule has 194 valence electrons. The van der Waals surface area contributed by atoms with Crippen LogP contribution in [0.15, 0.2) is 18.2 Å². The molecule has 1 aromatic carbocycles. The molecule has 1 heterocycles. The molecule has 4 aliphatic rings. The van der Waals surface area contributed by atoms with Crippen LogP contribution in [0.4, 0.5) is 0 Å². The van der Waals surface area contributed by atoms with Crippen LogP contribution in [-0.2, 0) is 20.4 Å². The lowest BCUT2D eigenvalue weighted by Gasteiger charge is -2.60. The topological polar surface area (TPSA) is 54.0 Å². The molecule has 2 bridgehead atoms. The van der Waals surface area contributed by atoms with Crippen molar-refractivity contribution in [3.8, 4) is 5.75 Å². The fourth-order valence-electron chi connectivity index (χ4n) is 5.16. The van der Waals surface area contributed by atoms with Gasteiger partial charge in [0.2, 0.25) is 0 Å². The second kappa shape index (κ2) is 13.0. The van der Waals surface area contributed by atoms with Crippen molar-refractivity contribution in [2.45, 2.75) is 113 Å². The van der Waals surface area contributed by atoms with Crippen LogP contribution in [0.2, 0.25) is 0 Å². The van der Waals surface area contributed by atoms with Crippen molar-refractivity contribution in [2.24, 2.45) is 17.3 Å². The van der Waals surface area contributed by atoms with Crippen molar-refractivity contribution in [2.75, 3.05) is 7.11 Å². The first-order valence-corrected chi connectivity index (χ1v) is 13.3. The van der Waals surface area contributed by atoms with E-state index in [2.05, 4.69) is 13.8 Å². The van der Waals surface area contributed by atoms with E-state index in [4.69, 9.17) is 18.8 Å². The molecule has 3 aliphatic carbocycles. The second-order valence-electron chi connectivity index (χ2n) is 10.0. The van der Waals surface area contributed by atoms with Crippen molar-refractivity contribution in [3.63, 3.8) is 0 Å². The molecule has 5 nitrogen and oxygen atoms in total. The molecule has 0 N–H and O–H groups in total. The van der Waals surface area contributed by atoms with Crippen LogP contribution in [0.5, 0.6) is 5.75 Å². The third kappa shape index (κ3) is 6.57. The van der Waals surface area contributed by atoms with Crippen molar-refractivity contribution in [3.05, 3.63) is 29.3 Å². The fraction of sp³-hybridized carbons (Fsp3) is 0.750. The van der Waals surface area contributed by atoms with E-state index in [1.807, 2.05) is 74.4 Å². The Morgan fingerprint density at radius 3 is 2.21 bits per heavy atom. The van der Waals surface area contributed by atoms with Gasteiger partial charge in [0.15, 0.2) is 0 Å². The van der Waals surface area contributed by atoms with Crippen LogP contribution in [0.1, 0.15) is 105 Å². The van der Waals surface area contributed by atoms with Crippen molar-refractivity contribution in [1.29, 1.82) is 0 Å². The van der Waals surface area contributed by atoms with Gasteiger partial charge in [-0.15, -0.1) is 0 Å². The van der Waals surface area contributed by atoms with Crippen LogP contribution >= 0.6 is 0 Å². The minimum absolute atomic E-state index is 0.185. The lowest BCUT2D eigenvalue weighted by Crippen LogP contribution is -2.59. The zero-order valence-corrected chi connectivity index (χ0v) is 23.8. The Morgan fingerprint density at radius 2 is 1.68 bits per heavy atom. The molecular formula is C28H49BO5. The Hall–Kier alpha value is -1.53. The Labute approximate surface area is 209 Å². The smallest absolute Gasteiger partial charge is 0.462 e. The van der Waals surface area contributed by atoms with E-state index >= 15 is 0 Å². The monoisotopic (exact) mass is 476 g/mol. The highest BCUT2D eigenvalue weighted by Crippen LogP contribution is 2.61. The zero-order valence-electron chi connectivity index (χ0n) is 23.8. The second-order valence-corrected chi connectivity index (χ2v) is 10.0. The Morgan fingerprint density at radius 1 is 1.06 bits per heavy atom. The molecule has 1 aliphatic heterocycles. The van der Waals surface area contributed by atoms with Crippen LogP contribution in [0, 0.1) is 17.3 Å². The summed E-state index contributed by atoms with van der Waals surface area (Å²) < 4.78 is 23.7. The summed E-state index contributed by atoms with van der Waals surface area (Å²) in [5.74, 6) is 1.49. The third-order valence-electron chi connectivity index (χ3n) is 6.77. The highest BCUT2D eigenvalue weighted by Gasteiger charge is 2.61. The van der Waals surface area contributed by atoms with Crippen molar-refractivity contribution >= 4 is 13.1 Å². The first-order valence-electron chi connectivity index (χ1n) is 13.3. The number of para-hydroxylation sites is 1. The maximum atomic E-state index is 12.6. The summed E-state index contributed by atoms with van der Waals surface area (Å²) >= 11 is 0. The predicted molar refractivity (Wildman–Crippen MR) is 141 cm³/mol. The van der Waals surface area contributed by atoms with Gasteiger partial charge >= 0.3 is 13.1 Å². The van der Waals surface area contributed by atoms with E-state index in [1.165, 1.54) is 6.42 Å². The van der Waals surface area contributed by atoms with Gasteiger partial charge < -0.3 is 18.8 Å². The van der Waals surface area contributed by atoms with Crippen molar-refractivity contribution < 1.29 is 23.6 Å². The fourth-order valence-corrected chi connectivity index (χ4v) is 5.16. The zero-order chi connectivity index (χ0) is 26.3. The van der Waals surface area contributed by atoms with Gasteiger partial charge in [0, 0.05) is 6.32 Å². The highest BCUT2D eigenvalue weighted by molar-refractivity contribution is 6.44. The molecule has 1 saturated heterocycles. The summed E-state index contributed by atoms with van der Waals surface area (Å²) in [6.07, 6.45) is 3.28. The highest BCUT2D eigenvalue weighted by atomic mass is 16.7. The molecular weight excluding hydrogens is 427 g/mol. The van der Waals surface area contributed by atoms with Gasteiger partial charge in [-0.3, -0.25) is 0 Å². The molecule has 0 aromatic heterocycles. The largest absolute Gasteiger partial charge is 0.496 e. The van der Waals surface area contributed by atoms with Gasteiger partial charge in [0.25, 0.3) is 0 Å². The van der Waals surface area contributed by atoms with E-state index < -0.39 is 5.60 Å². The quantitative estimate of drug-likeness (QED) is 0.341. The number of benzene rings is 1. The number of methoxy groups -OCH3 is 1. The molecule has 4 fully saturated rings. The van der Waals surface area contributed by atoms with Gasteiger partial charge in [0.05, 0.1) is 19.3 Å². The molecule has 0 radical (unpaired) electrons. The Bertz CT molecular complexity index is 771. The minimum Gasteiger partial charge on any atom is -0.496 e. The van der Waals surface area contributed by atoms with Crippen molar-refractivity contribution in [1.82, 2.24) is 0 Å². The summed E-state index contributed by atoms with van der Waals surface area (Å²) in [7, 11) is 1.29. The first kappa shape index (κ1) is 30.5. The van der Waals surface area contributed by atoms with Crippen LogP contribution in [0.3, 0.4) is 0 Å². The third-order valence-corrected chi connectivity index (χ3v) is 6.77. The number of carbonyl (C=O) groups is 1. The lowest BCUT2D eigenvalue weighted by molar-refractivity contribution is -0.150. The van der Waals surface area contributed by atoms with Gasteiger partial charge in [-0.1, -0.05) is 67.5 Å². The number of ether oxygens (including phenoxy) is 2. The molecule has 0 amide bonds. The minimum atomic E-state index is -0.556. The molecule has 4 unspecified atom stereocenters. The normalized spacial score (nSPS) is 25.6. The molecule has 3 saturated carbocycles. The number of rotatable bonds is 4. The van der Waals surface area contributed by atoms with E-state index in [9.17, 15) is 4.79 Å². The van der Waals surface area contributed by atoms with Gasteiger partial charge in [0.1, 0.15) is 16.9 Å². The predicted octanol–water partition coefficient (Wildman–Crippen LogP) is 7.15. The summed E-state index contributed by atoms with van der Waals surface area (Å²) in [6, 6.07) is 5.56. The van der Waals surface area contributed by atoms with Gasteiger partial charge in [-0.25, -0.2) is 4.79 Å². The molecule has 34 heavy (non-hydrogen) atoms. The van der Waals surface area contributed by atoms with E-state index in [0.717, 1.165) is 17.9 Å². The summed E-state index contributed by atoms with van der Waals surface area (Å²) in [6.45, 7) is 22.3. The Kier molecular flexibility index (Phi) is 11.6. The first-order chi connectivity index (χ1) is 16.1. The Balaban J connectivity index is 0.000000894. The SMILES string of the molecule is CC.CC.CC.COc1c(CB2OC3CC4CC(C3O2)C4(C)C)cccc1C(=O)OC(C)(C)C. The van der Waals surface area contributed by atoms with Crippen LogP contribution in [-0.4, -0.2) is 38.0 Å². The van der Waals surface area contributed by atoms with Crippen LogP contribution in [0.25, 0.3) is 0 Å². The van der Waals surface area contributed by atoms with Crippen LogP contribution < -0.4 is 4.74 Å². The average molecular weight is 477 g/mol. The van der Waals surface area contributed by atoms with E-state index in [0.29, 0.717) is 29.0 Å². The maximum absolute atomic E-state index is 12.6. The molecule has 1 aromatic rings. The number of hydrogen-bond donors (Lipinski definition) is 0. The average Bonchev–Trinajstić information content (AvgIpc) is 3.24. The van der Waals surface area contributed by atoms with Gasteiger partial charge in [-0.2, -0.15) is 0 Å². The van der Waals surface area contributed by atoms with E-state index in [-0.39, 0.29) is 25.3 Å². The number of esters is 1. The summed E-state index contributed by atoms with van der Waals surface area (Å²) in [5, 5.41) is 0. The maximum Gasteiger partial charge on any atom is 0.462 e. The molecule has 6 heteroatoms. The molecule has 0 spiro atoms. The standard InChI is InChI=1S/C22H31BO5.3C2H6/c1-21(2,3)26-20(24)15-9-7-8-13(18(15)25-6)12-23-27-17-11-14-10-16(19(17)28-23)22(14,4)5;3*1-2/h7-9,14,16-17,19H,10-12H2,1-6H3;3*1-2H3. The number of hydrogen-bond acceptors (Lipinski definition) is 5. The van der Waals surface area contributed by atoms with E-state index in [1.54, 1.807) is 13.2 Å². The lowest BCUT2D eigenvalue weighted by atomic mass is 9.47. The van der Waals surface area contributed by atoms with Gasteiger partial charge in [-0.05, 0) is 62.5 Å². The molecule has 5 rings (SSSR count). The summed E-state index contributed by atoms with van der Waals surface area (Å²) in [5.41, 5.74) is 1.14. The number of carbonyl (C=O) groups excluding carboxylic acids is 1.